The number of carbonyl (C=O) groups excluding carboxylic acids is 1. The van der Waals surface area contributed by atoms with E-state index in [0.29, 0.717) is 32.1 Å². The van der Waals surface area contributed by atoms with E-state index < -0.39 is 0 Å². The highest BCUT2D eigenvalue weighted by Gasteiger charge is 2.14. The largest absolute Gasteiger partial charge is 0.322 e. The number of carbonyl (C=O) groups is 1. The molecular weight excluding hydrogens is 417 g/mol. The second-order valence-corrected chi connectivity index (χ2v) is 7.68. The summed E-state index contributed by atoms with van der Waals surface area (Å²) in [7, 11) is 0. The zero-order valence-electron chi connectivity index (χ0n) is 14.6. The van der Waals surface area contributed by atoms with Gasteiger partial charge in [0.05, 0.1) is 5.69 Å². The fourth-order valence-corrected chi connectivity index (χ4v) is 3.97. The number of nitrogens with zero attached hydrogens (tertiary/aromatic N) is 4. The molecule has 0 aliphatic carbocycles. The Hall–Kier alpha value is -2.74. The van der Waals surface area contributed by atoms with Gasteiger partial charge in [-0.05, 0) is 42.8 Å². The molecule has 0 spiro atoms. The number of rotatable bonds is 4. The van der Waals surface area contributed by atoms with Crippen molar-refractivity contribution in [2.24, 2.45) is 0 Å². The van der Waals surface area contributed by atoms with Gasteiger partial charge in [-0.25, -0.2) is 0 Å². The summed E-state index contributed by atoms with van der Waals surface area (Å²) in [5, 5.41) is 17.3. The van der Waals surface area contributed by atoms with Gasteiger partial charge in [-0.15, -0.1) is 10.2 Å². The van der Waals surface area contributed by atoms with Gasteiger partial charge in [-0.2, -0.15) is 9.61 Å². The van der Waals surface area contributed by atoms with Gasteiger partial charge in [0, 0.05) is 21.7 Å². The highest BCUT2D eigenvalue weighted by molar-refractivity contribution is 7.19. The summed E-state index contributed by atoms with van der Waals surface area (Å²) in [6.45, 7) is 1.84. The highest BCUT2D eigenvalue weighted by Crippen LogP contribution is 2.31. The van der Waals surface area contributed by atoms with Crippen LogP contribution in [0.4, 0.5) is 5.69 Å². The number of benzene rings is 2. The summed E-state index contributed by atoms with van der Waals surface area (Å²) >= 11 is 13.4. The van der Waals surface area contributed by atoms with Gasteiger partial charge in [-0.1, -0.05) is 52.7 Å². The predicted octanol–water partition coefficient (Wildman–Crippen LogP) is 5.12. The molecule has 2 aromatic heterocycles. The van der Waals surface area contributed by atoms with Gasteiger partial charge in [0.25, 0.3) is 0 Å². The van der Waals surface area contributed by atoms with E-state index in [1.54, 1.807) is 28.8 Å². The van der Waals surface area contributed by atoms with Crippen LogP contribution < -0.4 is 5.32 Å². The average Bonchev–Trinajstić information content (AvgIpc) is 3.24. The first-order valence-corrected chi connectivity index (χ1v) is 9.81. The number of aromatic nitrogens is 4. The summed E-state index contributed by atoms with van der Waals surface area (Å²) in [5.41, 5.74) is 2.17. The lowest BCUT2D eigenvalue weighted by Gasteiger charge is -2.07. The van der Waals surface area contributed by atoms with Crippen molar-refractivity contribution in [1.82, 2.24) is 19.8 Å². The van der Waals surface area contributed by atoms with E-state index in [2.05, 4.69) is 20.6 Å². The van der Waals surface area contributed by atoms with E-state index in [1.807, 2.05) is 31.2 Å². The van der Waals surface area contributed by atoms with Crippen molar-refractivity contribution in [2.75, 3.05) is 5.32 Å². The van der Waals surface area contributed by atoms with Crippen molar-refractivity contribution in [1.29, 1.82) is 0 Å². The molecule has 1 N–H and O–H groups in total. The third-order valence-corrected chi connectivity index (χ3v) is 5.43. The Labute approximate surface area is 174 Å². The third kappa shape index (κ3) is 3.77. The number of amides is 1. The highest BCUT2D eigenvalue weighted by atomic mass is 35.5. The molecule has 9 heteroatoms. The van der Waals surface area contributed by atoms with Crippen LogP contribution in [0, 0.1) is 6.92 Å². The zero-order chi connectivity index (χ0) is 19.7. The number of fused-ring (bicyclic) bond motifs is 1. The maximum absolute atomic E-state index is 12.4. The molecule has 140 valence electrons. The summed E-state index contributed by atoms with van der Waals surface area (Å²) < 4.78 is 1.68. The SMILES string of the molecule is Cc1nnc2sc(-c3ccccc3NC(=O)/C=C/c3ccc(Cl)cc3Cl)nn12. The maximum atomic E-state index is 12.4. The smallest absolute Gasteiger partial charge is 0.248 e. The first-order chi connectivity index (χ1) is 13.5. The molecule has 2 aromatic carbocycles. The van der Waals surface area contributed by atoms with Crippen LogP contribution in [0.1, 0.15) is 11.4 Å². The van der Waals surface area contributed by atoms with Crippen molar-refractivity contribution in [3.05, 3.63) is 70.0 Å². The van der Waals surface area contributed by atoms with Crippen LogP contribution in [0.15, 0.2) is 48.5 Å². The first kappa shape index (κ1) is 18.6. The van der Waals surface area contributed by atoms with Crippen molar-refractivity contribution < 1.29 is 4.79 Å². The molecule has 0 aliphatic heterocycles. The Morgan fingerprint density at radius 1 is 1.18 bits per heavy atom. The van der Waals surface area contributed by atoms with E-state index in [1.165, 1.54) is 17.4 Å². The molecular formula is C19H13Cl2N5OS. The van der Waals surface area contributed by atoms with Crippen LogP contribution in [-0.4, -0.2) is 25.7 Å². The van der Waals surface area contributed by atoms with Crippen LogP contribution in [0.5, 0.6) is 0 Å². The number of halogens is 2. The van der Waals surface area contributed by atoms with Gasteiger partial charge in [0.15, 0.2) is 5.82 Å². The molecule has 28 heavy (non-hydrogen) atoms. The molecule has 0 unspecified atom stereocenters. The molecule has 1 amide bonds. The van der Waals surface area contributed by atoms with Gasteiger partial charge < -0.3 is 5.32 Å². The Kier molecular flexibility index (Phi) is 5.13. The maximum Gasteiger partial charge on any atom is 0.248 e. The lowest BCUT2D eigenvalue weighted by molar-refractivity contribution is -0.111. The van der Waals surface area contributed by atoms with Crippen molar-refractivity contribution in [2.45, 2.75) is 6.92 Å². The lowest BCUT2D eigenvalue weighted by atomic mass is 10.2. The van der Waals surface area contributed by atoms with Crippen LogP contribution in [0.3, 0.4) is 0 Å². The average molecular weight is 430 g/mol. The standard InChI is InChI=1S/C19H13Cl2N5OS/c1-11-23-24-19-26(11)25-18(28-19)14-4-2-3-5-16(14)22-17(27)9-7-12-6-8-13(20)10-15(12)21/h2-10H,1H3,(H,22,27)/b9-7+. The number of hydrogen-bond donors (Lipinski definition) is 1. The Morgan fingerprint density at radius 2 is 2.00 bits per heavy atom. The summed E-state index contributed by atoms with van der Waals surface area (Å²) in [5.74, 6) is 0.430. The Morgan fingerprint density at radius 3 is 2.79 bits per heavy atom. The lowest BCUT2D eigenvalue weighted by Crippen LogP contribution is -2.08. The fourth-order valence-electron chi connectivity index (χ4n) is 2.58. The molecule has 0 saturated carbocycles. The predicted molar refractivity (Wildman–Crippen MR) is 113 cm³/mol. The molecule has 4 aromatic rings. The molecule has 0 fully saturated rings. The molecule has 0 radical (unpaired) electrons. The number of aryl methyl sites for hydroxylation is 1. The molecule has 0 atom stereocenters. The second-order valence-electron chi connectivity index (χ2n) is 5.88. The number of nitrogens with one attached hydrogen (secondary N) is 1. The van der Waals surface area contributed by atoms with Crippen LogP contribution in [0.2, 0.25) is 10.0 Å². The number of hydrogen-bond acceptors (Lipinski definition) is 5. The van der Waals surface area contributed by atoms with E-state index in [0.717, 1.165) is 10.6 Å². The topological polar surface area (TPSA) is 72.2 Å². The van der Waals surface area contributed by atoms with Crippen LogP contribution >= 0.6 is 34.5 Å². The van der Waals surface area contributed by atoms with Crippen molar-refractivity contribution in [3.8, 4) is 10.6 Å². The van der Waals surface area contributed by atoms with Crippen molar-refractivity contribution in [3.63, 3.8) is 0 Å². The minimum atomic E-state index is -0.280. The van der Waals surface area contributed by atoms with E-state index >= 15 is 0 Å². The molecule has 0 saturated heterocycles. The fraction of sp³-hybridized carbons (Fsp3) is 0.0526. The summed E-state index contributed by atoms with van der Waals surface area (Å²) in [4.78, 5) is 13.1. The van der Waals surface area contributed by atoms with Gasteiger partial charge >= 0.3 is 0 Å². The quantitative estimate of drug-likeness (QED) is 0.456. The van der Waals surface area contributed by atoms with E-state index in [-0.39, 0.29) is 5.91 Å². The van der Waals surface area contributed by atoms with Gasteiger partial charge in [-0.3, -0.25) is 4.79 Å². The normalized spacial score (nSPS) is 11.4. The Balaban J connectivity index is 1.58. The minimum absolute atomic E-state index is 0.280. The molecule has 0 aliphatic rings. The minimum Gasteiger partial charge on any atom is -0.322 e. The van der Waals surface area contributed by atoms with Crippen LogP contribution in [-0.2, 0) is 4.79 Å². The molecule has 0 bridgehead atoms. The second kappa shape index (κ2) is 7.71. The van der Waals surface area contributed by atoms with Crippen LogP contribution in [0.25, 0.3) is 21.6 Å². The first-order valence-electron chi connectivity index (χ1n) is 8.23. The van der Waals surface area contributed by atoms with Gasteiger partial charge in [0.2, 0.25) is 10.9 Å². The third-order valence-electron chi connectivity index (χ3n) is 3.94. The molecule has 6 nitrogen and oxygen atoms in total. The molecule has 2 heterocycles. The summed E-state index contributed by atoms with van der Waals surface area (Å²) in [6, 6.07) is 12.6. The molecule has 4 rings (SSSR count). The Bertz CT molecular complexity index is 1210. The zero-order valence-corrected chi connectivity index (χ0v) is 16.9. The number of anilines is 1. The van der Waals surface area contributed by atoms with E-state index in [9.17, 15) is 4.79 Å². The van der Waals surface area contributed by atoms with Gasteiger partial charge in [0.1, 0.15) is 5.01 Å². The monoisotopic (exact) mass is 429 g/mol. The van der Waals surface area contributed by atoms with E-state index in [4.69, 9.17) is 23.2 Å². The summed E-state index contributed by atoms with van der Waals surface area (Å²) in [6.07, 6.45) is 3.07. The number of para-hydroxylation sites is 1. The van der Waals surface area contributed by atoms with Crippen molar-refractivity contribution >= 4 is 57.2 Å².